The molecule has 0 radical (unpaired) electrons. The minimum atomic E-state index is -0.398. The van der Waals surface area contributed by atoms with Gasteiger partial charge in [-0.3, -0.25) is 0 Å². The van der Waals surface area contributed by atoms with Gasteiger partial charge in [-0.15, -0.1) is 11.8 Å². The molecule has 1 N–H and O–H groups in total. The lowest BCUT2D eigenvalue weighted by molar-refractivity contribution is 0.141. The maximum Gasteiger partial charge on any atom is 0.0934 e. The first-order valence-corrected chi connectivity index (χ1v) is 7.57. The van der Waals surface area contributed by atoms with Gasteiger partial charge in [0.1, 0.15) is 0 Å². The number of hydrogen-bond donors (Lipinski definition) is 1. The van der Waals surface area contributed by atoms with Gasteiger partial charge in [-0.2, -0.15) is 0 Å². The molecule has 1 aliphatic heterocycles. The van der Waals surface area contributed by atoms with Crippen LogP contribution in [0, 0.1) is 0 Å². The quantitative estimate of drug-likeness (QED) is 0.828. The van der Waals surface area contributed by atoms with Crippen LogP contribution in [0.3, 0.4) is 0 Å². The van der Waals surface area contributed by atoms with Crippen LogP contribution in [0.25, 0.3) is 11.1 Å². The van der Waals surface area contributed by atoms with Gasteiger partial charge in [0, 0.05) is 10.5 Å². The van der Waals surface area contributed by atoms with Crippen molar-refractivity contribution in [3.8, 4) is 11.1 Å². The standard InChI is InChI=1S/C17H18OS/c1-17(2)16(18)15-10-13(8-9-14(15)11-19-17)12-6-4-3-5-7-12/h3-10,16,18H,11H2,1-2H3. The third-order valence-electron chi connectivity index (χ3n) is 3.81. The van der Waals surface area contributed by atoms with E-state index in [0.29, 0.717) is 0 Å². The van der Waals surface area contributed by atoms with Crippen molar-refractivity contribution in [1.82, 2.24) is 0 Å². The molecule has 2 aromatic carbocycles. The SMILES string of the molecule is CC1(C)SCc2ccc(-c3ccccc3)cc2C1O. The van der Waals surface area contributed by atoms with Crippen molar-refractivity contribution in [2.75, 3.05) is 0 Å². The average molecular weight is 270 g/mol. The Balaban J connectivity index is 2.07. The molecule has 0 aliphatic carbocycles. The fourth-order valence-electron chi connectivity index (χ4n) is 2.51. The number of aliphatic hydroxyl groups excluding tert-OH is 1. The molecule has 0 spiro atoms. The predicted octanol–water partition coefficient (Wildman–Crippen LogP) is 4.41. The van der Waals surface area contributed by atoms with Gasteiger partial charge in [0.2, 0.25) is 0 Å². The molecule has 0 amide bonds. The molecule has 1 atom stereocenters. The van der Waals surface area contributed by atoms with E-state index in [1.165, 1.54) is 16.7 Å². The van der Waals surface area contributed by atoms with Crippen molar-refractivity contribution in [1.29, 1.82) is 0 Å². The molecule has 2 aromatic rings. The first kappa shape index (κ1) is 12.8. The Bertz CT molecular complexity index is 589. The largest absolute Gasteiger partial charge is 0.387 e. The third kappa shape index (κ3) is 2.31. The van der Waals surface area contributed by atoms with E-state index in [1.54, 1.807) is 0 Å². The number of fused-ring (bicyclic) bond motifs is 1. The van der Waals surface area contributed by atoms with Gasteiger partial charge in [0.15, 0.2) is 0 Å². The van der Waals surface area contributed by atoms with Crippen molar-refractivity contribution >= 4 is 11.8 Å². The average Bonchev–Trinajstić information content (AvgIpc) is 2.44. The monoisotopic (exact) mass is 270 g/mol. The second kappa shape index (κ2) is 4.69. The highest BCUT2D eigenvalue weighted by atomic mass is 32.2. The molecule has 1 unspecified atom stereocenters. The fourth-order valence-corrected chi connectivity index (χ4v) is 3.58. The van der Waals surface area contributed by atoms with Gasteiger partial charge in [-0.25, -0.2) is 0 Å². The van der Waals surface area contributed by atoms with Crippen LogP contribution in [0.15, 0.2) is 48.5 Å². The molecule has 0 bridgehead atoms. The molecule has 2 heteroatoms. The van der Waals surface area contributed by atoms with Gasteiger partial charge in [-0.1, -0.05) is 42.5 Å². The maximum absolute atomic E-state index is 10.5. The number of thioether (sulfide) groups is 1. The highest BCUT2D eigenvalue weighted by molar-refractivity contribution is 7.99. The van der Waals surface area contributed by atoms with Crippen LogP contribution in [0.2, 0.25) is 0 Å². The first-order chi connectivity index (χ1) is 9.08. The molecule has 1 aliphatic rings. The van der Waals surface area contributed by atoms with Crippen molar-refractivity contribution < 1.29 is 5.11 Å². The van der Waals surface area contributed by atoms with Crippen molar-refractivity contribution in [2.45, 2.75) is 30.5 Å². The molecule has 1 heterocycles. The zero-order chi connectivity index (χ0) is 13.5. The van der Waals surface area contributed by atoms with Crippen LogP contribution in [0.5, 0.6) is 0 Å². The number of aliphatic hydroxyl groups is 1. The smallest absolute Gasteiger partial charge is 0.0934 e. The second-order valence-electron chi connectivity index (χ2n) is 5.57. The summed E-state index contributed by atoms with van der Waals surface area (Å²) in [5.74, 6) is 0.981. The Morgan fingerprint density at radius 2 is 1.79 bits per heavy atom. The van der Waals surface area contributed by atoms with Gasteiger partial charge in [0.25, 0.3) is 0 Å². The van der Waals surface area contributed by atoms with E-state index in [9.17, 15) is 5.11 Å². The molecule has 0 fully saturated rings. The van der Waals surface area contributed by atoms with Crippen molar-refractivity contribution in [2.24, 2.45) is 0 Å². The third-order valence-corrected chi connectivity index (χ3v) is 5.23. The summed E-state index contributed by atoms with van der Waals surface area (Å²) in [5.41, 5.74) is 4.73. The summed E-state index contributed by atoms with van der Waals surface area (Å²) in [6, 6.07) is 16.8. The van der Waals surface area contributed by atoms with E-state index in [0.717, 1.165) is 11.3 Å². The molecule has 19 heavy (non-hydrogen) atoms. The van der Waals surface area contributed by atoms with E-state index in [1.807, 2.05) is 30.0 Å². The maximum atomic E-state index is 10.5. The Labute approximate surface area is 118 Å². The summed E-state index contributed by atoms with van der Waals surface area (Å²) in [5, 5.41) is 10.5. The number of hydrogen-bond acceptors (Lipinski definition) is 2. The zero-order valence-electron chi connectivity index (χ0n) is 11.3. The Hall–Kier alpha value is -1.25. The fraction of sp³-hybridized carbons (Fsp3) is 0.294. The predicted molar refractivity (Wildman–Crippen MR) is 82.2 cm³/mol. The Morgan fingerprint density at radius 3 is 2.53 bits per heavy atom. The minimum absolute atomic E-state index is 0.109. The summed E-state index contributed by atoms with van der Waals surface area (Å²) in [7, 11) is 0. The molecule has 1 nitrogen and oxygen atoms in total. The van der Waals surface area contributed by atoms with E-state index in [-0.39, 0.29) is 4.75 Å². The molecule has 0 saturated carbocycles. The Kier molecular flexibility index (Phi) is 3.15. The van der Waals surface area contributed by atoms with Gasteiger partial charge in [-0.05, 0) is 42.2 Å². The molecular formula is C17H18OS. The summed E-state index contributed by atoms with van der Waals surface area (Å²) >= 11 is 1.82. The second-order valence-corrected chi connectivity index (χ2v) is 7.20. The van der Waals surface area contributed by atoms with E-state index in [2.05, 4.69) is 44.2 Å². The molecule has 98 valence electrons. The topological polar surface area (TPSA) is 20.2 Å². The molecular weight excluding hydrogens is 252 g/mol. The summed E-state index contributed by atoms with van der Waals surface area (Å²) in [4.78, 5) is 0. The highest BCUT2D eigenvalue weighted by Gasteiger charge is 2.35. The first-order valence-electron chi connectivity index (χ1n) is 6.58. The summed E-state index contributed by atoms with van der Waals surface area (Å²) < 4.78 is -0.109. The minimum Gasteiger partial charge on any atom is -0.387 e. The Morgan fingerprint density at radius 1 is 1.05 bits per heavy atom. The highest BCUT2D eigenvalue weighted by Crippen LogP contribution is 2.46. The van der Waals surface area contributed by atoms with Crippen LogP contribution in [0.1, 0.15) is 31.1 Å². The summed E-state index contributed by atoms with van der Waals surface area (Å²) in [6.45, 7) is 4.22. The number of benzene rings is 2. The lowest BCUT2D eigenvalue weighted by Crippen LogP contribution is -2.29. The summed E-state index contributed by atoms with van der Waals surface area (Å²) in [6.07, 6.45) is -0.398. The van der Waals surface area contributed by atoms with E-state index >= 15 is 0 Å². The lowest BCUT2D eigenvalue weighted by Gasteiger charge is -2.36. The van der Waals surface area contributed by atoms with Crippen LogP contribution in [-0.4, -0.2) is 9.85 Å². The zero-order valence-corrected chi connectivity index (χ0v) is 12.1. The van der Waals surface area contributed by atoms with Gasteiger partial charge in [0.05, 0.1) is 6.10 Å². The molecule has 0 aromatic heterocycles. The van der Waals surface area contributed by atoms with E-state index in [4.69, 9.17) is 0 Å². The normalized spacial score (nSPS) is 20.9. The van der Waals surface area contributed by atoms with Crippen LogP contribution < -0.4 is 0 Å². The van der Waals surface area contributed by atoms with Crippen molar-refractivity contribution in [3.05, 3.63) is 59.7 Å². The van der Waals surface area contributed by atoms with E-state index < -0.39 is 6.10 Å². The van der Waals surface area contributed by atoms with Crippen LogP contribution in [0.4, 0.5) is 0 Å². The van der Waals surface area contributed by atoms with Crippen LogP contribution in [-0.2, 0) is 5.75 Å². The van der Waals surface area contributed by atoms with Crippen LogP contribution >= 0.6 is 11.8 Å². The van der Waals surface area contributed by atoms with Gasteiger partial charge >= 0.3 is 0 Å². The number of rotatable bonds is 1. The van der Waals surface area contributed by atoms with Gasteiger partial charge < -0.3 is 5.11 Å². The lowest BCUT2D eigenvalue weighted by atomic mass is 9.91. The molecule has 0 saturated heterocycles. The van der Waals surface area contributed by atoms with Crippen molar-refractivity contribution in [3.63, 3.8) is 0 Å². The molecule has 3 rings (SSSR count).